The van der Waals surface area contributed by atoms with Gasteiger partial charge in [-0.2, -0.15) is 12.6 Å². The van der Waals surface area contributed by atoms with Crippen molar-refractivity contribution in [1.82, 2.24) is 4.98 Å². The zero-order valence-electron chi connectivity index (χ0n) is 8.79. The van der Waals surface area contributed by atoms with Crippen molar-refractivity contribution in [3.8, 4) is 0 Å². The zero-order valence-corrected chi connectivity index (χ0v) is 9.69. The van der Waals surface area contributed by atoms with Gasteiger partial charge in [0.05, 0.1) is 6.61 Å². The highest BCUT2D eigenvalue weighted by atomic mass is 32.1. The smallest absolute Gasteiger partial charge is 0.316 e. The van der Waals surface area contributed by atoms with E-state index in [-0.39, 0.29) is 18.3 Å². The lowest BCUT2D eigenvalue weighted by molar-refractivity contribution is -0.136. The predicted molar refractivity (Wildman–Crippen MR) is 63.4 cm³/mol. The highest BCUT2D eigenvalue weighted by molar-refractivity contribution is 7.81. The van der Waals surface area contributed by atoms with Crippen LogP contribution in [0.3, 0.4) is 0 Å². The third-order valence-electron chi connectivity index (χ3n) is 2.45. The number of anilines is 1. The van der Waals surface area contributed by atoms with Gasteiger partial charge >= 0.3 is 5.97 Å². The van der Waals surface area contributed by atoms with E-state index in [4.69, 9.17) is 15.9 Å². The van der Waals surface area contributed by atoms with Crippen LogP contribution in [0.15, 0.2) is 12.3 Å². The third kappa shape index (κ3) is 2.65. The van der Waals surface area contributed by atoms with Gasteiger partial charge in [-0.1, -0.05) is 6.92 Å². The molecule has 2 unspecified atom stereocenters. The summed E-state index contributed by atoms with van der Waals surface area (Å²) in [4.78, 5) is 14.7. The summed E-state index contributed by atoms with van der Waals surface area (Å²) in [5.41, 5.74) is 6.72. The van der Waals surface area contributed by atoms with E-state index >= 15 is 0 Å². The SMILES string of the molecule is CC(c1cnc(N)c(CO)c1)C(S)C(=O)O. The summed E-state index contributed by atoms with van der Waals surface area (Å²) in [6, 6.07) is 1.65. The molecule has 0 saturated carbocycles. The molecule has 0 aliphatic rings. The Morgan fingerprint density at radius 3 is 2.81 bits per heavy atom. The van der Waals surface area contributed by atoms with Crippen LogP contribution in [0.2, 0.25) is 0 Å². The van der Waals surface area contributed by atoms with Gasteiger partial charge in [0.15, 0.2) is 0 Å². The Morgan fingerprint density at radius 1 is 1.69 bits per heavy atom. The van der Waals surface area contributed by atoms with E-state index in [9.17, 15) is 4.79 Å². The van der Waals surface area contributed by atoms with Crippen molar-refractivity contribution in [3.63, 3.8) is 0 Å². The van der Waals surface area contributed by atoms with Gasteiger partial charge in [-0.15, -0.1) is 0 Å². The highest BCUT2D eigenvalue weighted by Crippen LogP contribution is 2.24. The molecular weight excluding hydrogens is 228 g/mol. The summed E-state index contributed by atoms with van der Waals surface area (Å²) in [5.74, 6) is -1.04. The van der Waals surface area contributed by atoms with Crippen LogP contribution in [0, 0.1) is 0 Å². The van der Waals surface area contributed by atoms with E-state index in [2.05, 4.69) is 17.6 Å². The van der Waals surface area contributed by atoms with E-state index < -0.39 is 11.2 Å². The molecule has 0 spiro atoms. The Hall–Kier alpha value is -1.27. The molecule has 1 aromatic rings. The molecule has 0 fully saturated rings. The molecule has 0 saturated heterocycles. The molecule has 88 valence electrons. The van der Waals surface area contributed by atoms with Crippen LogP contribution in [0.1, 0.15) is 24.0 Å². The summed E-state index contributed by atoms with van der Waals surface area (Å²) in [7, 11) is 0. The van der Waals surface area contributed by atoms with Gasteiger partial charge in [0.25, 0.3) is 0 Å². The highest BCUT2D eigenvalue weighted by Gasteiger charge is 2.22. The molecular formula is C10H14N2O3S. The van der Waals surface area contributed by atoms with Gasteiger partial charge in [0.2, 0.25) is 0 Å². The second-order valence-corrected chi connectivity index (χ2v) is 4.10. The first-order valence-electron chi connectivity index (χ1n) is 4.73. The molecule has 1 aromatic heterocycles. The van der Waals surface area contributed by atoms with Crippen LogP contribution in [-0.2, 0) is 11.4 Å². The van der Waals surface area contributed by atoms with E-state index in [0.717, 1.165) is 0 Å². The van der Waals surface area contributed by atoms with Crippen LogP contribution in [0.25, 0.3) is 0 Å². The first kappa shape index (κ1) is 12.8. The van der Waals surface area contributed by atoms with Crippen molar-refractivity contribution in [2.75, 3.05) is 5.73 Å². The van der Waals surface area contributed by atoms with Gasteiger partial charge in [-0.25, -0.2) is 4.98 Å². The van der Waals surface area contributed by atoms with Crippen molar-refractivity contribution in [2.45, 2.75) is 24.7 Å². The van der Waals surface area contributed by atoms with Gasteiger partial charge in [-0.05, 0) is 11.6 Å². The number of hydrogen-bond acceptors (Lipinski definition) is 5. The minimum absolute atomic E-state index is 0.219. The number of nitrogens with zero attached hydrogens (tertiary/aromatic N) is 1. The number of aliphatic carboxylic acids is 1. The maximum atomic E-state index is 10.8. The Bertz CT molecular complexity index is 398. The molecule has 1 rings (SSSR count). The van der Waals surface area contributed by atoms with Crippen LogP contribution in [-0.4, -0.2) is 26.4 Å². The lowest BCUT2D eigenvalue weighted by atomic mass is 9.97. The zero-order chi connectivity index (χ0) is 12.3. The lowest BCUT2D eigenvalue weighted by Crippen LogP contribution is -2.20. The van der Waals surface area contributed by atoms with Gasteiger partial charge in [-0.3, -0.25) is 4.79 Å². The molecule has 6 heteroatoms. The number of pyridine rings is 1. The number of aliphatic hydroxyl groups excluding tert-OH is 1. The molecule has 0 aliphatic carbocycles. The van der Waals surface area contributed by atoms with Gasteiger partial charge < -0.3 is 15.9 Å². The number of carbonyl (C=O) groups is 1. The van der Waals surface area contributed by atoms with Crippen LogP contribution in [0.5, 0.6) is 0 Å². The van der Waals surface area contributed by atoms with E-state index in [1.54, 1.807) is 13.0 Å². The summed E-state index contributed by atoms with van der Waals surface area (Å²) >= 11 is 4.00. The Labute approximate surface area is 98.7 Å². The number of nitrogens with two attached hydrogens (primary N) is 1. The Morgan fingerprint density at radius 2 is 2.31 bits per heavy atom. The predicted octanol–water partition coefficient (Wildman–Crippen LogP) is 0.643. The number of thiol groups is 1. The van der Waals surface area contributed by atoms with Crippen LogP contribution in [0.4, 0.5) is 5.82 Å². The number of aliphatic hydroxyl groups is 1. The normalized spacial score (nSPS) is 14.4. The number of hydrogen-bond donors (Lipinski definition) is 4. The minimum Gasteiger partial charge on any atom is -0.480 e. The molecule has 0 amide bonds. The van der Waals surface area contributed by atoms with Gasteiger partial charge in [0, 0.05) is 17.7 Å². The van der Waals surface area contributed by atoms with Crippen molar-refractivity contribution in [3.05, 3.63) is 23.4 Å². The fourth-order valence-corrected chi connectivity index (χ4v) is 1.48. The average Bonchev–Trinajstić information content (AvgIpc) is 2.27. The van der Waals surface area contributed by atoms with E-state index in [1.165, 1.54) is 6.20 Å². The third-order valence-corrected chi connectivity index (χ3v) is 3.11. The van der Waals surface area contributed by atoms with E-state index in [0.29, 0.717) is 11.1 Å². The minimum atomic E-state index is -0.988. The molecule has 0 radical (unpaired) electrons. The fourth-order valence-electron chi connectivity index (χ4n) is 1.31. The standard InChI is InChI=1S/C10H14N2O3S/c1-5(8(16)10(14)15)6-2-7(4-13)9(11)12-3-6/h2-3,5,8,13,16H,4H2,1H3,(H2,11,12)(H,14,15). The number of nitrogen functional groups attached to an aromatic ring is 1. The van der Waals surface area contributed by atoms with Crippen LogP contribution >= 0.6 is 12.6 Å². The summed E-state index contributed by atoms with van der Waals surface area (Å²) < 4.78 is 0. The van der Waals surface area contributed by atoms with Crippen molar-refractivity contribution in [1.29, 1.82) is 0 Å². The van der Waals surface area contributed by atoms with Crippen LogP contribution < -0.4 is 5.73 Å². The molecule has 0 aliphatic heterocycles. The first-order valence-corrected chi connectivity index (χ1v) is 5.25. The Kier molecular flexibility index (Phi) is 4.14. The Balaban J connectivity index is 3.00. The topological polar surface area (TPSA) is 96.4 Å². The maximum Gasteiger partial charge on any atom is 0.316 e. The van der Waals surface area contributed by atoms with E-state index in [1.807, 2.05) is 0 Å². The van der Waals surface area contributed by atoms with Gasteiger partial charge in [0.1, 0.15) is 11.1 Å². The average molecular weight is 242 g/mol. The summed E-state index contributed by atoms with van der Waals surface area (Å²) in [6.07, 6.45) is 1.51. The molecule has 0 bridgehead atoms. The number of carboxylic acid groups (broad SMARTS) is 1. The maximum absolute atomic E-state index is 10.8. The number of carboxylic acids is 1. The second kappa shape index (κ2) is 5.18. The number of rotatable bonds is 4. The summed E-state index contributed by atoms with van der Waals surface area (Å²) in [5, 5.41) is 17.0. The van der Waals surface area contributed by atoms with Crippen molar-refractivity contribution < 1.29 is 15.0 Å². The molecule has 16 heavy (non-hydrogen) atoms. The fraction of sp³-hybridized carbons (Fsp3) is 0.400. The molecule has 1 heterocycles. The first-order chi connectivity index (χ1) is 7.47. The molecule has 2 atom stereocenters. The monoisotopic (exact) mass is 242 g/mol. The molecule has 5 nitrogen and oxygen atoms in total. The second-order valence-electron chi connectivity index (χ2n) is 3.54. The number of aromatic nitrogens is 1. The largest absolute Gasteiger partial charge is 0.480 e. The van der Waals surface area contributed by atoms with Crippen molar-refractivity contribution in [2.24, 2.45) is 0 Å². The molecule has 0 aromatic carbocycles. The quantitative estimate of drug-likeness (QED) is 0.581. The summed E-state index contributed by atoms with van der Waals surface area (Å²) in [6.45, 7) is 1.52. The lowest BCUT2D eigenvalue weighted by Gasteiger charge is -2.16. The van der Waals surface area contributed by atoms with Crippen molar-refractivity contribution >= 4 is 24.4 Å². The molecule has 4 N–H and O–H groups in total.